The first-order valence-corrected chi connectivity index (χ1v) is 6.47. The van der Waals surface area contributed by atoms with Crippen LogP contribution in [0.2, 0.25) is 0 Å². The summed E-state index contributed by atoms with van der Waals surface area (Å²) in [5.74, 6) is 0.734. The van der Waals surface area contributed by atoms with E-state index < -0.39 is 11.7 Å². The highest BCUT2D eigenvalue weighted by atomic mass is 79.9. The number of halogens is 1. The summed E-state index contributed by atoms with van der Waals surface area (Å²) in [7, 11) is 1.60. The standard InChI is InChI=1S/C13H17BrN2O3/c1-13(2,3)19-12(17)16-15-8-9-5-6-11(18-4)10(14)7-9/h5-8H,1-4H3,(H,16,17)/b15-8+. The quantitative estimate of drug-likeness (QED) is 0.684. The molecule has 0 aliphatic heterocycles. The first kappa shape index (κ1) is 15.5. The number of ether oxygens (including phenoxy) is 2. The average molecular weight is 329 g/mol. The second kappa shape index (κ2) is 6.56. The Morgan fingerprint density at radius 1 is 1.42 bits per heavy atom. The molecule has 0 aromatic heterocycles. The summed E-state index contributed by atoms with van der Waals surface area (Å²) >= 11 is 3.37. The van der Waals surface area contributed by atoms with E-state index in [1.165, 1.54) is 6.21 Å². The van der Waals surface area contributed by atoms with Crippen LogP contribution >= 0.6 is 15.9 Å². The van der Waals surface area contributed by atoms with Gasteiger partial charge in [-0.1, -0.05) is 0 Å². The minimum atomic E-state index is -0.587. The zero-order valence-corrected chi connectivity index (χ0v) is 12.9. The molecule has 6 heteroatoms. The molecule has 1 aromatic rings. The van der Waals surface area contributed by atoms with Gasteiger partial charge in [0.15, 0.2) is 0 Å². The highest BCUT2D eigenvalue weighted by Crippen LogP contribution is 2.24. The van der Waals surface area contributed by atoms with Crippen LogP contribution in [0.1, 0.15) is 26.3 Å². The maximum atomic E-state index is 11.3. The summed E-state index contributed by atoms with van der Waals surface area (Å²) in [6, 6.07) is 5.46. The van der Waals surface area contributed by atoms with Crippen molar-refractivity contribution in [1.82, 2.24) is 5.43 Å². The normalized spacial score (nSPS) is 11.4. The highest BCUT2D eigenvalue weighted by Gasteiger charge is 2.15. The van der Waals surface area contributed by atoms with Gasteiger partial charge < -0.3 is 9.47 Å². The molecule has 0 heterocycles. The summed E-state index contributed by atoms with van der Waals surface area (Å²) < 4.78 is 11.0. The first-order chi connectivity index (χ1) is 8.81. The third kappa shape index (κ3) is 5.74. The Morgan fingerprint density at radius 3 is 2.63 bits per heavy atom. The summed E-state index contributed by atoms with van der Waals surface area (Å²) in [5.41, 5.74) is 2.58. The smallest absolute Gasteiger partial charge is 0.428 e. The summed E-state index contributed by atoms with van der Waals surface area (Å²) in [6.07, 6.45) is 0.935. The Kier molecular flexibility index (Phi) is 5.35. The van der Waals surface area contributed by atoms with Gasteiger partial charge in [-0.25, -0.2) is 10.2 Å². The van der Waals surface area contributed by atoms with Crippen LogP contribution in [0.5, 0.6) is 5.75 Å². The van der Waals surface area contributed by atoms with E-state index in [1.807, 2.05) is 12.1 Å². The number of carbonyl (C=O) groups excluding carboxylic acids is 1. The van der Waals surface area contributed by atoms with Gasteiger partial charge >= 0.3 is 6.09 Å². The van der Waals surface area contributed by atoms with Crippen molar-refractivity contribution in [3.8, 4) is 5.75 Å². The SMILES string of the molecule is COc1ccc(/C=N/NC(=O)OC(C)(C)C)cc1Br. The topological polar surface area (TPSA) is 59.9 Å². The van der Waals surface area contributed by atoms with Gasteiger partial charge in [0.25, 0.3) is 0 Å². The van der Waals surface area contributed by atoms with Crippen LogP contribution in [0.25, 0.3) is 0 Å². The zero-order chi connectivity index (χ0) is 14.5. The zero-order valence-electron chi connectivity index (χ0n) is 11.4. The van der Waals surface area contributed by atoms with E-state index in [2.05, 4.69) is 26.5 Å². The van der Waals surface area contributed by atoms with E-state index in [0.29, 0.717) is 0 Å². The lowest BCUT2D eigenvalue weighted by molar-refractivity contribution is 0.0529. The minimum absolute atomic E-state index is 0.539. The molecule has 19 heavy (non-hydrogen) atoms. The predicted molar refractivity (Wildman–Crippen MR) is 77.7 cm³/mol. The van der Waals surface area contributed by atoms with Gasteiger partial charge in [0.05, 0.1) is 17.8 Å². The molecule has 0 bridgehead atoms. The van der Waals surface area contributed by atoms with Crippen LogP contribution in [0, 0.1) is 0 Å². The number of nitrogens with one attached hydrogen (secondary N) is 1. The summed E-state index contributed by atoms with van der Waals surface area (Å²) in [5, 5.41) is 3.81. The van der Waals surface area contributed by atoms with Gasteiger partial charge in [0.2, 0.25) is 0 Å². The van der Waals surface area contributed by atoms with Crippen molar-refractivity contribution in [3.63, 3.8) is 0 Å². The maximum Gasteiger partial charge on any atom is 0.428 e. The van der Waals surface area contributed by atoms with E-state index in [9.17, 15) is 4.79 Å². The van der Waals surface area contributed by atoms with Gasteiger partial charge in [-0.05, 0) is 60.5 Å². The molecule has 1 amide bonds. The first-order valence-electron chi connectivity index (χ1n) is 5.67. The molecule has 0 saturated heterocycles. The van der Waals surface area contributed by atoms with Crippen LogP contribution in [0.3, 0.4) is 0 Å². The molecule has 0 aliphatic carbocycles. The van der Waals surface area contributed by atoms with Crippen molar-refractivity contribution in [2.24, 2.45) is 5.10 Å². The van der Waals surface area contributed by atoms with Crippen molar-refractivity contribution in [3.05, 3.63) is 28.2 Å². The molecule has 1 N–H and O–H groups in total. The molecule has 104 valence electrons. The molecule has 0 aliphatic rings. The number of benzene rings is 1. The van der Waals surface area contributed by atoms with Crippen molar-refractivity contribution >= 4 is 28.2 Å². The number of amides is 1. The monoisotopic (exact) mass is 328 g/mol. The largest absolute Gasteiger partial charge is 0.496 e. The molecule has 0 fully saturated rings. The van der Waals surface area contributed by atoms with Gasteiger partial charge in [-0.2, -0.15) is 5.10 Å². The second-order valence-electron chi connectivity index (χ2n) is 4.77. The Labute approximate surface area is 121 Å². The van der Waals surface area contributed by atoms with Crippen LogP contribution < -0.4 is 10.2 Å². The van der Waals surface area contributed by atoms with E-state index >= 15 is 0 Å². The lowest BCUT2D eigenvalue weighted by Crippen LogP contribution is -2.29. The number of rotatable bonds is 3. The van der Waals surface area contributed by atoms with Crippen LogP contribution in [-0.4, -0.2) is 25.0 Å². The number of hydrazone groups is 1. The Morgan fingerprint density at radius 2 is 2.11 bits per heavy atom. The highest BCUT2D eigenvalue weighted by molar-refractivity contribution is 9.10. The fraction of sp³-hybridized carbons (Fsp3) is 0.385. The Bertz CT molecular complexity index is 481. The van der Waals surface area contributed by atoms with Crippen molar-refractivity contribution in [1.29, 1.82) is 0 Å². The molecule has 0 atom stereocenters. The lowest BCUT2D eigenvalue weighted by Gasteiger charge is -2.18. The number of hydrogen-bond acceptors (Lipinski definition) is 4. The fourth-order valence-electron chi connectivity index (χ4n) is 1.22. The molecule has 5 nitrogen and oxygen atoms in total. The third-order valence-corrected chi connectivity index (χ3v) is 2.56. The Balaban J connectivity index is 2.58. The van der Waals surface area contributed by atoms with Crippen molar-refractivity contribution < 1.29 is 14.3 Å². The average Bonchev–Trinajstić information content (AvgIpc) is 2.26. The van der Waals surface area contributed by atoms with E-state index in [4.69, 9.17) is 9.47 Å². The molecular formula is C13H17BrN2O3. The predicted octanol–water partition coefficient (Wildman–Crippen LogP) is 3.32. The molecule has 0 radical (unpaired) electrons. The van der Waals surface area contributed by atoms with Gasteiger partial charge in [0.1, 0.15) is 11.4 Å². The van der Waals surface area contributed by atoms with Crippen LogP contribution in [-0.2, 0) is 4.74 Å². The maximum absolute atomic E-state index is 11.3. The fourth-order valence-corrected chi connectivity index (χ4v) is 1.78. The van der Waals surface area contributed by atoms with Gasteiger partial charge in [0, 0.05) is 0 Å². The second-order valence-corrected chi connectivity index (χ2v) is 5.62. The van der Waals surface area contributed by atoms with Crippen molar-refractivity contribution in [2.75, 3.05) is 7.11 Å². The number of hydrogen-bond donors (Lipinski definition) is 1. The van der Waals surface area contributed by atoms with Gasteiger partial charge in [-0.15, -0.1) is 0 Å². The van der Waals surface area contributed by atoms with Crippen molar-refractivity contribution in [2.45, 2.75) is 26.4 Å². The van der Waals surface area contributed by atoms with Crippen LogP contribution in [0.4, 0.5) is 4.79 Å². The summed E-state index contributed by atoms with van der Waals surface area (Å²) in [4.78, 5) is 11.3. The number of nitrogens with zero attached hydrogens (tertiary/aromatic N) is 1. The van der Waals surface area contributed by atoms with E-state index in [1.54, 1.807) is 33.9 Å². The summed E-state index contributed by atoms with van der Waals surface area (Å²) in [6.45, 7) is 5.37. The van der Waals surface area contributed by atoms with E-state index in [-0.39, 0.29) is 0 Å². The minimum Gasteiger partial charge on any atom is -0.496 e. The lowest BCUT2D eigenvalue weighted by atomic mass is 10.2. The van der Waals surface area contributed by atoms with E-state index in [0.717, 1.165) is 15.8 Å². The van der Waals surface area contributed by atoms with Crippen LogP contribution in [0.15, 0.2) is 27.8 Å². The third-order valence-electron chi connectivity index (χ3n) is 1.94. The molecule has 1 aromatic carbocycles. The Hall–Kier alpha value is -1.56. The molecule has 0 unspecified atom stereocenters. The molecular weight excluding hydrogens is 312 g/mol. The molecule has 1 rings (SSSR count). The van der Waals surface area contributed by atoms with Gasteiger partial charge in [-0.3, -0.25) is 0 Å². The number of methoxy groups -OCH3 is 1. The molecule has 0 spiro atoms. The molecule has 0 saturated carbocycles. The number of carbonyl (C=O) groups is 1.